The molecule has 0 radical (unpaired) electrons. The van der Waals surface area contributed by atoms with Gasteiger partial charge >= 0.3 is 0 Å². The maximum Gasteiger partial charge on any atom is 0.0575 e. The molecular formula is C18H28N2O. The Morgan fingerprint density at radius 2 is 1.86 bits per heavy atom. The summed E-state index contributed by atoms with van der Waals surface area (Å²) < 4.78 is 5.97. The second kappa shape index (κ2) is 7.39. The molecule has 1 saturated carbocycles. The van der Waals surface area contributed by atoms with Crippen molar-refractivity contribution in [3.63, 3.8) is 0 Å². The van der Waals surface area contributed by atoms with E-state index in [0.29, 0.717) is 12.1 Å². The third kappa shape index (κ3) is 3.85. The average Bonchev–Trinajstić information content (AvgIpc) is 2.85. The molecule has 0 bridgehead atoms. The van der Waals surface area contributed by atoms with Crippen molar-refractivity contribution in [3.05, 3.63) is 35.4 Å². The number of hydrogen-bond donors (Lipinski definition) is 2. The van der Waals surface area contributed by atoms with Crippen molar-refractivity contribution < 1.29 is 4.74 Å². The van der Waals surface area contributed by atoms with Crippen LogP contribution in [-0.4, -0.2) is 19.3 Å². The van der Waals surface area contributed by atoms with E-state index in [4.69, 9.17) is 10.5 Å². The summed E-state index contributed by atoms with van der Waals surface area (Å²) in [4.78, 5) is 0. The smallest absolute Gasteiger partial charge is 0.0575 e. The van der Waals surface area contributed by atoms with Crippen LogP contribution in [0.2, 0.25) is 0 Å². The fourth-order valence-electron chi connectivity index (χ4n) is 3.70. The molecule has 3 nitrogen and oxygen atoms in total. The first-order valence-electron chi connectivity index (χ1n) is 8.54. The molecule has 2 aliphatic carbocycles. The lowest BCUT2D eigenvalue weighted by Gasteiger charge is -2.22. The van der Waals surface area contributed by atoms with Crippen molar-refractivity contribution in [1.82, 2.24) is 5.32 Å². The lowest BCUT2D eigenvalue weighted by Crippen LogP contribution is -2.23. The Bertz CT molecular complexity index is 443. The summed E-state index contributed by atoms with van der Waals surface area (Å²) in [5.41, 5.74) is 8.90. The van der Waals surface area contributed by atoms with E-state index in [0.717, 1.165) is 26.0 Å². The fraction of sp³-hybridized carbons (Fsp3) is 0.667. The molecule has 2 aliphatic rings. The molecule has 0 spiro atoms. The van der Waals surface area contributed by atoms with Gasteiger partial charge in [-0.3, -0.25) is 0 Å². The summed E-state index contributed by atoms with van der Waals surface area (Å²) in [6.45, 7) is 1.90. The average molecular weight is 288 g/mol. The molecule has 3 heteroatoms. The molecule has 2 atom stereocenters. The number of benzene rings is 1. The summed E-state index contributed by atoms with van der Waals surface area (Å²) in [5.74, 6) is 0. The van der Waals surface area contributed by atoms with E-state index in [1.807, 2.05) is 0 Å². The molecule has 3 rings (SSSR count). The standard InChI is InChI=1S/C18H28N2O/c19-17-13-18(16-10-5-4-9-15(16)17)20-11-6-12-21-14-7-2-1-3-8-14/h4-5,9-10,14,17-18,20H,1-3,6-8,11-13,19H2. The van der Waals surface area contributed by atoms with E-state index in [1.54, 1.807) is 0 Å². The summed E-state index contributed by atoms with van der Waals surface area (Å²) in [6, 6.07) is 9.17. The monoisotopic (exact) mass is 288 g/mol. The Morgan fingerprint density at radius 3 is 2.67 bits per heavy atom. The molecule has 0 aliphatic heterocycles. The molecule has 1 aromatic rings. The highest BCUT2D eigenvalue weighted by atomic mass is 16.5. The van der Waals surface area contributed by atoms with Gasteiger partial charge < -0.3 is 15.8 Å². The van der Waals surface area contributed by atoms with Gasteiger partial charge in [0.05, 0.1) is 6.10 Å². The minimum absolute atomic E-state index is 0.192. The van der Waals surface area contributed by atoms with Crippen LogP contribution < -0.4 is 11.1 Å². The molecule has 3 N–H and O–H groups in total. The van der Waals surface area contributed by atoms with Gasteiger partial charge in [0.1, 0.15) is 0 Å². The largest absolute Gasteiger partial charge is 0.378 e. The fourth-order valence-corrected chi connectivity index (χ4v) is 3.70. The zero-order valence-electron chi connectivity index (χ0n) is 12.9. The van der Waals surface area contributed by atoms with Gasteiger partial charge in [-0.25, -0.2) is 0 Å². The van der Waals surface area contributed by atoms with Gasteiger partial charge in [0.2, 0.25) is 0 Å². The van der Waals surface area contributed by atoms with Crippen LogP contribution in [0.1, 0.15) is 68.2 Å². The van der Waals surface area contributed by atoms with E-state index in [-0.39, 0.29) is 6.04 Å². The molecular weight excluding hydrogens is 260 g/mol. The van der Waals surface area contributed by atoms with Crippen molar-refractivity contribution in [1.29, 1.82) is 0 Å². The van der Waals surface area contributed by atoms with E-state index in [2.05, 4.69) is 29.6 Å². The first kappa shape index (κ1) is 15.0. The molecule has 2 unspecified atom stereocenters. The van der Waals surface area contributed by atoms with Gasteiger partial charge in [-0.05, 0) is 43.4 Å². The third-order valence-electron chi connectivity index (χ3n) is 4.88. The molecule has 0 amide bonds. The minimum Gasteiger partial charge on any atom is -0.378 e. The molecule has 116 valence electrons. The van der Waals surface area contributed by atoms with Crippen molar-refractivity contribution in [2.45, 2.75) is 63.1 Å². The number of rotatable bonds is 6. The molecule has 0 saturated heterocycles. The van der Waals surface area contributed by atoms with Gasteiger partial charge in [-0.15, -0.1) is 0 Å². The van der Waals surface area contributed by atoms with Crippen LogP contribution in [0.15, 0.2) is 24.3 Å². The summed E-state index contributed by atoms with van der Waals surface area (Å²) in [5, 5.41) is 3.65. The number of nitrogens with two attached hydrogens (primary N) is 1. The van der Waals surface area contributed by atoms with Crippen molar-refractivity contribution in [2.24, 2.45) is 5.73 Å². The normalized spacial score (nSPS) is 26.0. The topological polar surface area (TPSA) is 47.3 Å². The summed E-state index contributed by atoms with van der Waals surface area (Å²) in [6.07, 6.45) is 9.24. The first-order chi connectivity index (χ1) is 10.3. The summed E-state index contributed by atoms with van der Waals surface area (Å²) in [7, 11) is 0. The van der Waals surface area contributed by atoms with Gasteiger partial charge in [0, 0.05) is 18.7 Å². The van der Waals surface area contributed by atoms with Gasteiger partial charge in [-0.2, -0.15) is 0 Å². The van der Waals surface area contributed by atoms with Crippen LogP contribution in [0, 0.1) is 0 Å². The van der Waals surface area contributed by atoms with Crippen LogP contribution >= 0.6 is 0 Å². The molecule has 1 aromatic carbocycles. The first-order valence-corrected chi connectivity index (χ1v) is 8.54. The number of ether oxygens (including phenoxy) is 1. The second-order valence-corrected chi connectivity index (χ2v) is 6.46. The quantitative estimate of drug-likeness (QED) is 0.788. The Hall–Kier alpha value is -0.900. The van der Waals surface area contributed by atoms with E-state index >= 15 is 0 Å². The Balaban J connectivity index is 1.36. The van der Waals surface area contributed by atoms with Gasteiger partial charge in [0.25, 0.3) is 0 Å². The van der Waals surface area contributed by atoms with E-state index in [1.165, 1.54) is 43.2 Å². The Morgan fingerprint density at radius 1 is 1.10 bits per heavy atom. The zero-order chi connectivity index (χ0) is 14.5. The molecule has 1 fully saturated rings. The zero-order valence-corrected chi connectivity index (χ0v) is 12.9. The number of fused-ring (bicyclic) bond motifs is 1. The van der Waals surface area contributed by atoms with Gasteiger partial charge in [0.15, 0.2) is 0 Å². The summed E-state index contributed by atoms with van der Waals surface area (Å²) >= 11 is 0. The maximum absolute atomic E-state index is 6.20. The second-order valence-electron chi connectivity index (χ2n) is 6.46. The minimum atomic E-state index is 0.192. The van der Waals surface area contributed by atoms with Crippen LogP contribution in [0.3, 0.4) is 0 Å². The predicted molar refractivity (Wildman–Crippen MR) is 86.2 cm³/mol. The van der Waals surface area contributed by atoms with Crippen LogP contribution in [0.4, 0.5) is 0 Å². The van der Waals surface area contributed by atoms with E-state index in [9.17, 15) is 0 Å². The molecule has 0 aromatic heterocycles. The maximum atomic E-state index is 6.20. The lowest BCUT2D eigenvalue weighted by atomic mass is 9.98. The van der Waals surface area contributed by atoms with Crippen molar-refractivity contribution in [3.8, 4) is 0 Å². The number of hydrogen-bond acceptors (Lipinski definition) is 3. The van der Waals surface area contributed by atoms with E-state index < -0.39 is 0 Å². The highest BCUT2D eigenvalue weighted by molar-refractivity contribution is 5.37. The predicted octanol–water partition coefficient (Wildman–Crippen LogP) is 3.46. The van der Waals surface area contributed by atoms with Crippen LogP contribution in [-0.2, 0) is 4.74 Å². The SMILES string of the molecule is NC1CC(NCCCOC2CCCCC2)c2ccccc21. The number of nitrogens with one attached hydrogen (secondary N) is 1. The highest BCUT2D eigenvalue weighted by Crippen LogP contribution is 2.36. The lowest BCUT2D eigenvalue weighted by molar-refractivity contribution is 0.0271. The molecule has 21 heavy (non-hydrogen) atoms. The Labute approximate surface area is 128 Å². The van der Waals surface area contributed by atoms with Crippen LogP contribution in [0.5, 0.6) is 0 Å². The highest BCUT2D eigenvalue weighted by Gasteiger charge is 2.27. The molecule has 0 heterocycles. The van der Waals surface area contributed by atoms with Crippen LogP contribution in [0.25, 0.3) is 0 Å². The van der Waals surface area contributed by atoms with Crippen molar-refractivity contribution in [2.75, 3.05) is 13.2 Å². The third-order valence-corrected chi connectivity index (χ3v) is 4.88. The van der Waals surface area contributed by atoms with Crippen molar-refractivity contribution >= 4 is 0 Å². The van der Waals surface area contributed by atoms with Gasteiger partial charge in [-0.1, -0.05) is 43.5 Å². The Kier molecular flexibility index (Phi) is 5.28.